The summed E-state index contributed by atoms with van der Waals surface area (Å²) in [5.74, 6) is 0.798. The van der Waals surface area contributed by atoms with Crippen molar-refractivity contribution in [2.45, 2.75) is 52.7 Å². The highest BCUT2D eigenvalue weighted by atomic mass is 32.2. The fourth-order valence-corrected chi connectivity index (χ4v) is 3.46. The molecular formula is C20H25N5OS. The molecule has 1 atom stereocenters. The molecule has 0 saturated heterocycles. The summed E-state index contributed by atoms with van der Waals surface area (Å²) in [5.41, 5.74) is 6.65. The van der Waals surface area contributed by atoms with E-state index in [0.717, 1.165) is 22.5 Å². The third-order valence-corrected chi connectivity index (χ3v) is 5.82. The van der Waals surface area contributed by atoms with Gasteiger partial charge in [-0.25, -0.2) is 9.50 Å². The van der Waals surface area contributed by atoms with E-state index in [4.69, 9.17) is 0 Å². The second-order valence-corrected chi connectivity index (χ2v) is 7.88. The van der Waals surface area contributed by atoms with Crippen molar-refractivity contribution in [3.05, 3.63) is 51.8 Å². The van der Waals surface area contributed by atoms with Gasteiger partial charge in [-0.2, -0.15) is 4.98 Å². The minimum Gasteiger partial charge on any atom is -0.349 e. The van der Waals surface area contributed by atoms with E-state index in [9.17, 15) is 4.79 Å². The largest absolute Gasteiger partial charge is 0.349 e. The maximum atomic E-state index is 12.3. The molecule has 3 aromatic rings. The predicted molar refractivity (Wildman–Crippen MR) is 108 cm³/mol. The third-order valence-electron chi connectivity index (χ3n) is 4.98. The summed E-state index contributed by atoms with van der Waals surface area (Å²) in [6.45, 7) is 12.1. The molecule has 27 heavy (non-hydrogen) atoms. The van der Waals surface area contributed by atoms with Crippen molar-refractivity contribution in [1.29, 1.82) is 0 Å². The standard InChI is InChI=1S/C20H25N5OS/c1-11-7-8-17(9-12(11)2)15(5)21-18(26)10-27-20-23-19-22-14(4)13(3)16(6)25(19)24-20/h7-9,15H,10H2,1-6H3,(H,21,26)/t15-/m0/s1. The summed E-state index contributed by atoms with van der Waals surface area (Å²) < 4.78 is 1.74. The highest BCUT2D eigenvalue weighted by Gasteiger charge is 2.14. The Morgan fingerprint density at radius 2 is 1.89 bits per heavy atom. The smallest absolute Gasteiger partial charge is 0.253 e. The zero-order valence-corrected chi connectivity index (χ0v) is 17.4. The first-order valence-electron chi connectivity index (χ1n) is 8.96. The van der Waals surface area contributed by atoms with Gasteiger partial charge in [-0.3, -0.25) is 4.79 Å². The molecule has 6 nitrogen and oxygen atoms in total. The second-order valence-electron chi connectivity index (χ2n) is 6.94. The minimum atomic E-state index is -0.0411. The molecule has 1 amide bonds. The van der Waals surface area contributed by atoms with Gasteiger partial charge in [0.25, 0.3) is 5.78 Å². The van der Waals surface area contributed by atoms with E-state index in [-0.39, 0.29) is 17.7 Å². The van der Waals surface area contributed by atoms with Crippen LogP contribution in [0.1, 0.15) is 46.6 Å². The Bertz CT molecular complexity index is 1010. The molecule has 0 aliphatic carbocycles. The Kier molecular flexibility index (Phi) is 5.51. The van der Waals surface area contributed by atoms with Crippen molar-refractivity contribution in [3.8, 4) is 0 Å². The lowest BCUT2D eigenvalue weighted by Crippen LogP contribution is -2.28. The molecule has 0 aliphatic heterocycles. The number of thioether (sulfide) groups is 1. The van der Waals surface area contributed by atoms with Crippen LogP contribution >= 0.6 is 11.8 Å². The van der Waals surface area contributed by atoms with Gasteiger partial charge in [0.1, 0.15) is 0 Å². The fraction of sp³-hybridized carbons (Fsp3) is 0.400. The Balaban J connectivity index is 1.64. The number of carbonyl (C=O) groups excluding carboxylic acids is 1. The van der Waals surface area contributed by atoms with Gasteiger partial charge in [0, 0.05) is 11.4 Å². The molecule has 7 heteroatoms. The van der Waals surface area contributed by atoms with E-state index in [1.807, 2.05) is 27.7 Å². The monoisotopic (exact) mass is 383 g/mol. The molecule has 0 aliphatic rings. The predicted octanol–water partition coefficient (Wildman–Crippen LogP) is 3.64. The number of nitrogens with zero attached hydrogens (tertiary/aromatic N) is 4. The first-order chi connectivity index (χ1) is 12.8. The van der Waals surface area contributed by atoms with E-state index in [1.54, 1.807) is 4.52 Å². The first-order valence-corrected chi connectivity index (χ1v) is 9.94. The van der Waals surface area contributed by atoms with E-state index < -0.39 is 0 Å². The van der Waals surface area contributed by atoms with Gasteiger partial charge >= 0.3 is 0 Å². The summed E-state index contributed by atoms with van der Waals surface area (Å²) in [6.07, 6.45) is 0. The van der Waals surface area contributed by atoms with Gasteiger partial charge in [0.15, 0.2) is 0 Å². The summed E-state index contributed by atoms with van der Waals surface area (Å²) in [7, 11) is 0. The van der Waals surface area contributed by atoms with E-state index in [0.29, 0.717) is 10.9 Å². The number of aromatic nitrogens is 4. The third kappa shape index (κ3) is 4.13. The van der Waals surface area contributed by atoms with Gasteiger partial charge < -0.3 is 5.32 Å². The van der Waals surface area contributed by atoms with Crippen LogP contribution < -0.4 is 5.32 Å². The zero-order valence-electron chi connectivity index (χ0n) is 16.6. The van der Waals surface area contributed by atoms with Gasteiger partial charge in [-0.15, -0.1) is 5.10 Å². The molecule has 0 unspecified atom stereocenters. The average Bonchev–Trinajstić information content (AvgIpc) is 3.03. The number of hydrogen-bond acceptors (Lipinski definition) is 5. The summed E-state index contributed by atoms with van der Waals surface area (Å²) in [5, 5.41) is 8.07. The van der Waals surface area contributed by atoms with Crippen LogP contribution in [0.4, 0.5) is 0 Å². The van der Waals surface area contributed by atoms with Crippen molar-refractivity contribution in [2.75, 3.05) is 5.75 Å². The number of rotatable bonds is 5. The maximum Gasteiger partial charge on any atom is 0.253 e. The quantitative estimate of drug-likeness (QED) is 0.681. The van der Waals surface area contributed by atoms with Crippen LogP contribution in [0.15, 0.2) is 23.4 Å². The molecule has 3 rings (SSSR count). The first kappa shape index (κ1) is 19.4. The maximum absolute atomic E-state index is 12.3. The summed E-state index contributed by atoms with van der Waals surface area (Å²) >= 11 is 1.32. The molecule has 1 aromatic carbocycles. The van der Waals surface area contributed by atoms with Gasteiger partial charge in [-0.05, 0) is 63.8 Å². The Hall–Kier alpha value is -2.41. The average molecular weight is 384 g/mol. The second kappa shape index (κ2) is 7.68. The number of carbonyl (C=O) groups is 1. The van der Waals surface area contributed by atoms with Crippen molar-refractivity contribution < 1.29 is 4.79 Å². The van der Waals surface area contributed by atoms with Crippen molar-refractivity contribution in [2.24, 2.45) is 0 Å². The molecule has 0 saturated carbocycles. The highest BCUT2D eigenvalue weighted by Crippen LogP contribution is 2.19. The van der Waals surface area contributed by atoms with Crippen LogP contribution in [-0.4, -0.2) is 31.2 Å². The molecule has 0 spiro atoms. The number of amides is 1. The lowest BCUT2D eigenvalue weighted by molar-refractivity contribution is -0.119. The van der Waals surface area contributed by atoms with E-state index in [1.165, 1.54) is 22.9 Å². The van der Waals surface area contributed by atoms with Crippen LogP contribution in [0.5, 0.6) is 0 Å². The van der Waals surface area contributed by atoms with Crippen LogP contribution in [0.2, 0.25) is 0 Å². The summed E-state index contributed by atoms with van der Waals surface area (Å²) in [4.78, 5) is 21.2. The Labute approximate surface area is 163 Å². The number of hydrogen-bond donors (Lipinski definition) is 1. The van der Waals surface area contributed by atoms with Crippen LogP contribution in [0, 0.1) is 34.6 Å². The topological polar surface area (TPSA) is 72.2 Å². The van der Waals surface area contributed by atoms with Gasteiger partial charge in [-0.1, -0.05) is 30.0 Å². The molecule has 2 aromatic heterocycles. The molecule has 0 radical (unpaired) electrons. The molecule has 0 bridgehead atoms. The Morgan fingerprint density at radius 3 is 2.59 bits per heavy atom. The number of aryl methyl sites for hydroxylation is 4. The van der Waals surface area contributed by atoms with Gasteiger partial charge in [0.05, 0.1) is 11.8 Å². The lowest BCUT2D eigenvalue weighted by Gasteiger charge is -2.15. The van der Waals surface area contributed by atoms with E-state index >= 15 is 0 Å². The van der Waals surface area contributed by atoms with Gasteiger partial charge in [0.2, 0.25) is 11.1 Å². The highest BCUT2D eigenvalue weighted by molar-refractivity contribution is 7.99. The number of fused-ring (bicyclic) bond motifs is 1. The molecule has 1 N–H and O–H groups in total. The Morgan fingerprint density at radius 1 is 1.15 bits per heavy atom. The molecule has 142 valence electrons. The van der Waals surface area contributed by atoms with Crippen LogP contribution in [0.3, 0.4) is 0 Å². The number of benzene rings is 1. The van der Waals surface area contributed by atoms with E-state index in [2.05, 4.69) is 52.4 Å². The fourth-order valence-electron chi connectivity index (χ4n) is 2.83. The summed E-state index contributed by atoms with van der Waals surface area (Å²) in [6, 6.07) is 6.22. The molecule has 0 fully saturated rings. The van der Waals surface area contributed by atoms with Crippen molar-refractivity contribution >= 4 is 23.4 Å². The SMILES string of the molecule is Cc1ccc([C@H](C)NC(=O)CSc2nc3nc(C)c(C)c(C)n3n2)cc1C. The van der Waals surface area contributed by atoms with Crippen LogP contribution in [0.25, 0.3) is 5.78 Å². The van der Waals surface area contributed by atoms with Crippen LogP contribution in [-0.2, 0) is 4.79 Å². The normalized spacial score (nSPS) is 12.4. The molecule has 2 heterocycles. The number of nitrogens with one attached hydrogen (secondary N) is 1. The van der Waals surface area contributed by atoms with Crippen molar-refractivity contribution in [1.82, 2.24) is 24.9 Å². The zero-order chi connectivity index (χ0) is 19.7. The molecular weight excluding hydrogens is 358 g/mol. The lowest BCUT2D eigenvalue weighted by atomic mass is 10.0. The van der Waals surface area contributed by atoms with Crippen molar-refractivity contribution in [3.63, 3.8) is 0 Å². The minimum absolute atomic E-state index is 0.0402.